The molecule has 5 heteroatoms. The van der Waals surface area contributed by atoms with Crippen LogP contribution in [0.25, 0.3) is 0 Å². The molecule has 0 radical (unpaired) electrons. The molecule has 2 heterocycles. The maximum atomic E-state index is 12.2. The zero-order chi connectivity index (χ0) is 13.0. The molecular formula is C13H12ClN3O. The molecule has 0 aromatic carbocycles. The highest BCUT2D eigenvalue weighted by atomic mass is 35.5. The maximum absolute atomic E-state index is 12.2. The van der Waals surface area contributed by atoms with Gasteiger partial charge in [0.2, 0.25) is 0 Å². The summed E-state index contributed by atoms with van der Waals surface area (Å²) in [5.74, 6) is -0.148. The third-order valence-corrected chi connectivity index (χ3v) is 2.81. The summed E-state index contributed by atoms with van der Waals surface area (Å²) in [5, 5.41) is 0.226. The van der Waals surface area contributed by atoms with Crippen molar-refractivity contribution in [2.75, 3.05) is 7.05 Å². The van der Waals surface area contributed by atoms with E-state index in [1.807, 2.05) is 12.1 Å². The Labute approximate surface area is 110 Å². The number of nitrogens with zero attached hydrogens (tertiary/aromatic N) is 3. The smallest absolute Gasteiger partial charge is 0.257 e. The number of carbonyl (C=O) groups excluding carboxylic acids is 1. The number of aromatic nitrogens is 2. The summed E-state index contributed by atoms with van der Waals surface area (Å²) in [7, 11) is 1.73. The van der Waals surface area contributed by atoms with E-state index in [0.717, 1.165) is 5.56 Å². The first kappa shape index (κ1) is 12.5. The van der Waals surface area contributed by atoms with Gasteiger partial charge >= 0.3 is 0 Å². The topological polar surface area (TPSA) is 46.1 Å². The van der Waals surface area contributed by atoms with E-state index in [0.29, 0.717) is 12.1 Å². The molecule has 2 rings (SSSR count). The largest absolute Gasteiger partial charge is 0.337 e. The predicted octanol–water partition coefficient (Wildman–Crippen LogP) is 2.40. The lowest BCUT2D eigenvalue weighted by atomic mass is 10.2. The molecule has 0 fully saturated rings. The van der Waals surface area contributed by atoms with E-state index in [2.05, 4.69) is 9.97 Å². The minimum absolute atomic E-state index is 0.148. The van der Waals surface area contributed by atoms with Crippen molar-refractivity contribution in [2.24, 2.45) is 0 Å². The number of halogens is 1. The molecule has 0 unspecified atom stereocenters. The fraction of sp³-hybridized carbons (Fsp3) is 0.154. The van der Waals surface area contributed by atoms with E-state index >= 15 is 0 Å². The molecule has 1 amide bonds. The van der Waals surface area contributed by atoms with Gasteiger partial charge in [0.05, 0.1) is 5.56 Å². The zero-order valence-corrected chi connectivity index (χ0v) is 10.6. The summed E-state index contributed by atoms with van der Waals surface area (Å²) in [4.78, 5) is 21.6. The second-order valence-corrected chi connectivity index (χ2v) is 4.22. The Morgan fingerprint density at radius 2 is 2.00 bits per heavy atom. The third kappa shape index (κ3) is 2.84. The van der Waals surface area contributed by atoms with Gasteiger partial charge in [0.1, 0.15) is 5.15 Å². The Hall–Kier alpha value is -1.94. The van der Waals surface area contributed by atoms with Crippen molar-refractivity contribution >= 4 is 17.5 Å². The monoisotopic (exact) mass is 261 g/mol. The van der Waals surface area contributed by atoms with Gasteiger partial charge in [-0.1, -0.05) is 11.6 Å². The maximum Gasteiger partial charge on any atom is 0.257 e. The number of carbonyl (C=O) groups is 1. The van der Waals surface area contributed by atoms with Gasteiger partial charge in [-0.2, -0.15) is 0 Å². The average molecular weight is 262 g/mol. The lowest BCUT2D eigenvalue weighted by molar-refractivity contribution is 0.0785. The Balaban J connectivity index is 2.13. The first-order chi connectivity index (χ1) is 8.68. The lowest BCUT2D eigenvalue weighted by Crippen LogP contribution is -2.26. The zero-order valence-electron chi connectivity index (χ0n) is 9.88. The van der Waals surface area contributed by atoms with E-state index in [-0.39, 0.29) is 11.1 Å². The van der Waals surface area contributed by atoms with Gasteiger partial charge in [-0.15, -0.1) is 0 Å². The molecule has 4 nitrogen and oxygen atoms in total. The van der Waals surface area contributed by atoms with Crippen LogP contribution in [-0.4, -0.2) is 27.8 Å². The molecular weight excluding hydrogens is 250 g/mol. The molecule has 18 heavy (non-hydrogen) atoms. The molecule has 0 aliphatic carbocycles. The molecule has 0 saturated heterocycles. The Morgan fingerprint density at radius 3 is 2.67 bits per heavy atom. The minimum Gasteiger partial charge on any atom is -0.337 e. The molecule has 0 aliphatic rings. The third-order valence-electron chi connectivity index (χ3n) is 2.51. The van der Waals surface area contributed by atoms with Crippen molar-refractivity contribution in [3.63, 3.8) is 0 Å². The van der Waals surface area contributed by atoms with Crippen molar-refractivity contribution in [1.29, 1.82) is 0 Å². The molecule has 92 valence electrons. The molecule has 0 aliphatic heterocycles. The summed E-state index contributed by atoms with van der Waals surface area (Å²) in [6.45, 7) is 0.507. The van der Waals surface area contributed by atoms with E-state index in [9.17, 15) is 4.79 Å². The van der Waals surface area contributed by atoms with Crippen LogP contribution in [0.3, 0.4) is 0 Å². The predicted molar refractivity (Wildman–Crippen MR) is 69.3 cm³/mol. The van der Waals surface area contributed by atoms with Crippen LogP contribution in [0, 0.1) is 0 Å². The minimum atomic E-state index is -0.148. The highest BCUT2D eigenvalue weighted by molar-refractivity contribution is 6.32. The second kappa shape index (κ2) is 5.60. The Morgan fingerprint density at radius 1 is 1.28 bits per heavy atom. The Kier molecular flexibility index (Phi) is 3.89. The SMILES string of the molecule is CN(Cc1ccncc1)C(=O)c1cccnc1Cl. The summed E-state index contributed by atoms with van der Waals surface area (Å²) in [6, 6.07) is 7.10. The molecule has 0 N–H and O–H groups in total. The highest BCUT2D eigenvalue weighted by Crippen LogP contribution is 2.14. The van der Waals surface area contributed by atoms with Gasteiger partial charge in [-0.05, 0) is 29.8 Å². The second-order valence-electron chi connectivity index (χ2n) is 3.86. The van der Waals surface area contributed by atoms with Crippen LogP contribution < -0.4 is 0 Å². The van der Waals surface area contributed by atoms with Crippen molar-refractivity contribution in [3.8, 4) is 0 Å². The molecule has 0 saturated carbocycles. The van der Waals surface area contributed by atoms with Crippen LogP contribution in [-0.2, 0) is 6.54 Å². The van der Waals surface area contributed by atoms with E-state index in [1.54, 1.807) is 42.7 Å². The van der Waals surface area contributed by atoms with Crippen molar-refractivity contribution < 1.29 is 4.79 Å². The summed E-state index contributed by atoms with van der Waals surface area (Å²) in [5.41, 5.74) is 1.43. The fourth-order valence-corrected chi connectivity index (χ4v) is 1.79. The van der Waals surface area contributed by atoms with Crippen LogP contribution in [0.4, 0.5) is 0 Å². The number of hydrogen-bond donors (Lipinski definition) is 0. The van der Waals surface area contributed by atoms with Crippen LogP contribution in [0.2, 0.25) is 5.15 Å². The van der Waals surface area contributed by atoms with Gasteiger partial charge in [0, 0.05) is 32.2 Å². The van der Waals surface area contributed by atoms with Gasteiger partial charge in [0.25, 0.3) is 5.91 Å². The highest BCUT2D eigenvalue weighted by Gasteiger charge is 2.15. The lowest BCUT2D eigenvalue weighted by Gasteiger charge is -2.17. The summed E-state index contributed by atoms with van der Waals surface area (Å²) < 4.78 is 0. The van der Waals surface area contributed by atoms with E-state index in [1.165, 1.54) is 0 Å². The number of rotatable bonds is 3. The standard InChI is InChI=1S/C13H12ClN3O/c1-17(9-10-4-7-15-8-5-10)13(18)11-3-2-6-16-12(11)14/h2-8H,9H2,1H3. The van der Waals surface area contributed by atoms with Crippen LogP contribution in [0.5, 0.6) is 0 Å². The van der Waals surface area contributed by atoms with Crippen LogP contribution >= 0.6 is 11.6 Å². The van der Waals surface area contributed by atoms with Gasteiger partial charge < -0.3 is 4.90 Å². The normalized spacial score (nSPS) is 10.1. The van der Waals surface area contributed by atoms with Crippen molar-refractivity contribution in [3.05, 3.63) is 59.1 Å². The molecule has 0 bridgehead atoms. The summed E-state index contributed by atoms with van der Waals surface area (Å²) >= 11 is 5.90. The molecule has 0 atom stereocenters. The average Bonchev–Trinajstić information content (AvgIpc) is 2.39. The Bertz CT molecular complexity index is 545. The first-order valence-corrected chi connectivity index (χ1v) is 5.81. The van der Waals surface area contributed by atoms with Crippen molar-refractivity contribution in [2.45, 2.75) is 6.54 Å². The van der Waals surface area contributed by atoms with Crippen LogP contribution in [0.1, 0.15) is 15.9 Å². The number of amides is 1. The van der Waals surface area contributed by atoms with E-state index < -0.39 is 0 Å². The van der Waals surface area contributed by atoms with E-state index in [4.69, 9.17) is 11.6 Å². The van der Waals surface area contributed by atoms with Crippen molar-refractivity contribution in [1.82, 2.24) is 14.9 Å². The molecule has 2 aromatic heterocycles. The number of pyridine rings is 2. The first-order valence-electron chi connectivity index (χ1n) is 5.43. The van der Waals surface area contributed by atoms with Gasteiger partial charge in [-0.25, -0.2) is 4.98 Å². The molecule has 2 aromatic rings. The van der Waals surface area contributed by atoms with Gasteiger partial charge in [0.15, 0.2) is 0 Å². The fourth-order valence-electron chi connectivity index (χ4n) is 1.59. The quantitative estimate of drug-likeness (QED) is 0.797. The van der Waals surface area contributed by atoms with Gasteiger partial charge in [-0.3, -0.25) is 9.78 Å². The molecule has 0 spiro atoms. The number of hydrogen-bond acceptors (Lipinski definition) is 3. The summed E-state index contributed by atoms with van der Waals surface area (Å²) in [6.07, 6.45) is 4.96. The van der Waals surface area contributed by atoms with Crippen LogP contribution in [0.15, 0.2) is 42.9 Å².